The van der Waals surface area contributed by atoms with E-state index in [1.165, 1.54) is 59.8 Å². The van der Waals surface area contributed by atoms with Crippen molar-refractivity contribution in [2.24, 2.45) is 0 Å². The van der Waals surface area contributed by atoms with Gasteiger partial charge in [0, 0.05) is 29.7 Å². The summed E-state index contributed by atoms with van der Waals surface area (Å²) in [6.07, 6.45) is 9.73. The maximum atomic E-state index is 13.5. The highest BCUT2D eigenvalue weighted by atomic mass is 32.2. The fraction of sp³-hybridized carbons (Fsp3) is 0.481. The van der Waals surface area contributed by atoms with Gasteiger partial charge in [-0.2, -0.15) is 4.31 Å². The highest BCUT2D eigenvalue weighted by Crippen LogP contribution is 2.45. The molecule has 32 heavy (non-hydrogen) atoms. The minimum Gasteiger partial charge on any atom is -0.341 e. The molecule has 0 bridgehead atoms. The number of fused-ring (bicyclic) bond motifs is 3. The lowest BCUT2D eigenvalue weighted by Crippen LogP contribution is -2.43. The van der Waals surface area contributed by atoms with Gasteiger partial charge in [-0.15, -0.1) is 0 Å². The van der Waals surface area contributed by atoms with Gasteiger partial charge < -0.3 is 4.57 Å². The summed E-state index contributed by atoms with van der Waals surface area (Å²) in [5, 5.41) is 1.38. The van der Waals surface area contributed by atoms with E-state index in [9.17, 15) is 8.42 Å². The molecule has 3 aliphatic rings. The normalized spacial score (nSPS) is 22.2. The fourth-order valence-electron chi connectivity index (χ4n) is 6.48. The van der Waals surface area contributed by atoms with Crippen LogP contribution >= 0.6 is 0 Å². The second-order valence-electron chi connectivity index (χ2n) is 9.89. The van der Waals surface area contributed by atoms with Crippen LogP contribution in [0.2, 0.25) is 0 Å². The first kappa shape index (κ1) is 20.5. The summed E-state index contributed by atoms with van der Waals surface area (Å²) < 4.78 is 31.2. The Morgan fingerprint density at radius 2 is 1.69 bits per heavy atom. The van der Waals surface area contributed by atoms with Gasteiger partial charge in [-0.3, -0.25) is 0 Å². The molecule has 0 spiro atoms. The van der Waals surface area contributed by atoms with E-state index in [1.807, 2.05) is 34.6 Å². The van der Waals surface area contributed by atoms with Crippen molar-refractivity contribution in [2.45, 2.75) is 75.6 Å². The third-order valence-corrected chi connectivity index (χ3v) is 9.82. The minimum atomic E-state index is -3.37. The van der Waals surface area contributed by atoms with Gasteiger partial charge in [0.2, 0.25) is 10.0 Å². The van der Waals surface area contributed by atoms with Gasteiger partial charge in [0.1, 0.15) is 0 Å². The minimum absolute atomic E-state index is 0.0215. The van der Waals surface area contributed by atoms with E-state index in [1.54, 1.807) is 0 Å². The van der Waals surface area contributed by atoms with Crippen molar-refractivity contribution >= 4 is 20.9 Å². The van der Waals surface area contributed by atoms with Gasteiger partial charge in [0.25, 0.3) is 0 Å². The van der Waals surface area contributed by atoms with Gasteiger partial charge in [-0.25, -0.2) is 8.42 Å². The Balaban J connectivity index is 1.39. The molecule has 1 aliphatic heterocycles. The van der Waals surface area contributed by atoms with Crippen LogP contribution in [0.1, 0.15) is 79.3 Å². The van der Waals surface area contributed by atoms with Crippen LogP contribution in [-0.2, 0) is 28.7 Å². The Hall–Kier alpha value is -2.11. The highest BCUT2D eigenvalue weighted by Gasteiger charge is 2.40. The molecule has 0 amide bonds. The number of aryl methyl sites for hydroxylation is 1. The fourth-order valence-corrected chi connectivity index (χ4v) is 8.21. The van der Waals surface area contributed by atoms with Crippen LogP contribution in [0.3, 0.4) is 0 Å². The summed E-state index contributed by atoms with van der Waals surface area (Å²) in [6.45, 7) is 1.32. The topological polar surface area (TPSA) is 42.3 Å². The third kappa shape index (κ3) is 3.41. The molecular formula is C27H32N2O2S. The largest absolute Gasteiger partial charge is 0.341 e. The van der Waals surface area contributed by atoms with Crippen LogP contribution in [-0.4, -0.2) is 23.8 Å². The molecule has 0 radical (unpaired) electrons. The Bertz CT molecular complexity index is 1240. The van der Waals surface area contributed by atoms with Crippen molar-refractivity contribution < 1.29 is 8.42 Å². The van der Waals surface area contributed by atoms with Gasteiger partial charge in [-0.1, -0.05) is 55.7 Å². The summed E-state index contributed by atoms with van der Waals surface area (Å²) in [5.41, 5.74) is 6.35. The van der Waals surface area contributed by atoms with Crippen LogP contribution in [0.4, 0.5) is 0 Å². The molecule has 6 rings (SSSR count). The molecule has 4 nitrogen and oxygen atoms in total. The average molecular weight is 449 g/mol. The van der Waals surface area contributed by atoms with Crippen molar-refractivity contribution in [2.75, 3.05) is 6.54 Å². The van der Waals surface area contributed by atoms with Crippen LogP contribution in [0.5, 0.6) is 0 Å². The molecule has 1 saturated carbocycles. The van der Waals surface area contributed by atoms with Crippen molar-refractivity contribution in [1.29, 1.82) is 0 Å². The van der Waals surface area contributed by atoms with Gasteiger partial charge in [0.15, 0.2) is 0 Å². The number of hydrogen-bond acceptors (Lipinski definition) is 2. The zero-order chi connectivity index (χ0) is 21.7. The van der Waals surface area contributed by atoms with Crippen molar-refractivity contribution in [3.63, 3.8) is 0 Å². The maximum Gasteiger partial charge on any atom is 0.218 e. The molecule has 0 saturated heterocycles. The van der Waals surface area contributed by atoms with Crippen LogP contribution in [0.15, 0.2) is 48.5 Å². The zero-order valence-electron chi connectivity index (χ0n) is 18.7. The lowest BCUT2D eigenvalue weighted by molar-refractivity contribution is 0.243. The molecule has 2 aromatic carbocycles. The molecular weight excluding hydrogens is 416 g/mol. The van der Waals surface area contributed by atoms with Crippen LogP contribution in [0, 0.1) is 0 Å². The van der Waals surface area contributed by atoms with E-state index in [4.69, 9.17) is 0 Å². The summed E-state index contributed by atoms with van der Waals surface area (Å²) in [4.78, 5) is 0. The standard InChI is InChI=1S/C27H32N2O2S/c30-32(31,19-20-8-3-1-4-9-20)29-17-16-28-25-15-14-22(21-10-5-2-6-11-21)18-24(25)23-12-7-13-26(29)27(23)28/h1,3-4,8-9,14-15,18,21,26H,2,5-7,10-13,16-17,19H2. The van der Waals surface area contributed by atoms with E-state index in [0.717, 1.165) is 31.4 Å². The molecule has 1 aromatic heterocycles. The summed E-state index contributed by atoms with van der Waals surface area (Å²) in [7, 11) is -3.37. The number of rotatable bonds is 4. The zero-order valence-corrected chi connectivity index (χ0v) is 19.5. The first-order chi connectivity index (χ1) is 15.6. The molecule has 168 valence electrons. The Labute approximate surface area is 191 Å². The Kier molecular flexibility index (Phi) is 5.14. The maximum absolute atomic E-state index is 13.5. The van der Waals surface area contributed by atoms with E-state index in [0.29, 0.717) is 12.5 Å². The van der Waals surface area contributed by atoms with Crippen molar-refractivity contribution in [3.05, 3.63) is 70.9 Å². The monoisotopic (exact) mass is 448 g/mol. The molecule has 1 atom stereocenters. The Morgan fingerprint density at radius 1 is 0.875 bits per heavy atom. The summed E-state index contributed by atoms with van der Waals surface area (Å²) in [5.74, 6) is 0.783. The molecule has 3 aromatic rings. The summed E-state index contributed by atoms with van der Waals surface area (Å²) in [6, 6.07) is 16.7. The number of nitrogens with zero attached hydrogens (tertiary/aromatic N) is 2. The first-order valence-corrected chi connectivity index (χ1v) is 13.9. The molecule has 0 N–H and O–H groups in total. The third-order valence-electron chi connectivity index (χ3n) is 7.97. The molecule has 1 unspecified atom stereocenters. The predicted octanol–water partition coefficient (Wildman–Crippen LogP) is 5.91. The predicted molar refractivity (Wildman–Crippen MR) is 129 cm³/mol. The second kappa shape index (κ2) is 8.03. The van der Waals surface area contributed by atoms with E-state index < -0.39 is 10.0 Å². The number of benzene rings is 2. The van der Waals surface area contributed by atoms with Gasteiger partial charge in [-0.05, 0) is 66.8 Å². The van der Waals surface area contributed by atoms with E-state index >= 15 is 0 Å². The molecule has 5 heteroatoms. The lowest BCUT2D eigenvalue weighted by atomic mass is 9.83. The van der Waals surface area contributed by atoms with E-state index in [-0.39, 0.29) is 11.8 Å². The number of hydrogen-bond donors (Lipinski definition) is 0. The average Bonchev–Trinajstić information content (AvgIpc) is 3.15. The first-order valence-electron chi connectivity index (χ1n) is 12.3. The second-order valence-corrected chi connectivity index (χ2v) is 11.8. The smallest absolute Gasteiger partial charge is 0.218 e. The SMILES string of the molecule is O=S(=O)(Cc1ccccc1)N1CCn2c3c(c4cc(C5CCCCC5)ccc42)CCCC31. The van der Waals surface area contributed by atoms with Gasteiger partial charge in [0.05, 0.1) is 11.8 Å². The molecule has 1 fully saturated rings. The number of sulfonamides is 1. The summed E-state index contributed by atoms with van der Waals surface area (Å²) >= 11 is 0. The van der Waals surface area contributed by atoms with Crippen molar-refractivity contribution in [3.8, 4) is 0 Å². The number of aromatic nitrogens is 1. The van der Waals surface area contributed by atoms with Crippen LogP contribution < -0.4 is 0 Å². The quantitative estimate of drug-likeness (QED) is 0.498. The van der Waals surface area contributed by atoms with Crippen molar-refractivity contribution in [1.82, 2.24) is 8.87 Å². The van der Waals surface area contributed by atoms with Crippen LogP contribution in [0.25, 0.3) is 10.9 Å². The lowest BCUT2D eigenvalue weighted by Gasteiger charge is -2.39. The molecule has 2 aliphatic carbocycles. The molecule has 2 heterocycles. The Morgan fingerprint density at radius 3 is 2.50 bits per heavy atom. The highest BCUT2D eigenvalue weighted by molar-refractivity contribution is 7.88. The van der Waals surface area contributed by atoms with Gasteiger partial charge >= 0.3 is 0 Å². The van der Waals surface area contributed by atoms with E-state index in [2.05, 4.69) is 22.8 Å².